The van der Waals surface area contributed by atoms with Gasteiger partial charge < -0.3 is 19.3 Å². The predicted molar refractivity (Wildman–Crippen MR) is 72.4 cm³/mol. The van der Waals surface area contributed by atoms with Crippen LogP contribution in [0.2, 0.25) is 0 Å². The van der Waals surface area contributed by atoms with Crippen molar-refractivity contribution in [2.75, 3.05) is 6.54 Å². The Kier molecular flexibility index (Phi) is 5.02. The van der Waals surface area contributed by atoms with Gasteiger partial charge in [0.2, 0.25) is 0 Å². The molecule has 0 amide bonds. The van der Waals surface area contributed by atoms with Crippen LogP contribution in [0, 0.1) is 0 Å². The van der Waals surface area contributed by atoms with Crippen molar-refractivity contribution in [3.63, 3.8) is 0 Å². The fourth-order valence-electron chi connectivity index (χ4n) is 3.23. The summed E-state index contributed by atoms with van der Waals surface area (Å²) >= 11 is 0. The van der Waals surface area contributed by atoms with Crippen molar-refractivity contribution < 1.29 is 33.7 Å². The number of rotatable bonds is 3. The zero-order valence-electron chi connectivity index (χ0n) is 12.9. The first-order valence-corrected chi connectivity index (χ1v) is 7.25. The first kappa shape index (κ1) is 16.7. The molecule has 22 heavy (non-hydrogen) atoms. The average molecular weight is 315 g/mol. The minimum atomic E-state index is -0.777. The van der Waals surface area contributed by atoms with E-state index in [1.165, 1.54) is 20.8 Å². The second-order valence-electron chi connectivity index (χ2n) is 5.62. The third kappa shape index (κ3) is 3.56. The standard InChI is InChI=1S/C14H21NO7/c1-7(16)20-10-4-5-12(19)15-6-11(21-8(2)17)14(13(10)15)22-9(3)18/h10-14,19H,4-6H2,1-3H3/t10-,11-,12-,13-,14+/m1/s1. The molecule has 0 saturated carbocycles. The zero-order chi connectivity index (χ0) is 16.4. The number of fused-ring (bicyclic) bond motifs is 1. The van der Waals surface area contributed by atoms with E-state index < -0.39 is 48.5 Å². The van der Waals surface area contributed by atoms with Gasteiger partial charge in [-0.25, -0.2) is 0 Å². The number of carbonyl (C=O) groups excluding carboxylic acids is 3. The fourth-order valence-corrected chi connectivity index (χ4v) is 3.23. The lowest BCUT2D eigenvalue weighted by molar-refractivity contribution is -0.174. The van der Waals surface area contributed by atoms with Gasteiger partial charge in [0.05, 0.1) is 6.04 Å². The topological polar surface area (TPSA) is 102 Å². The second-order valence-corrected chi connectivity index (χ2v) is 5.62. The molecule has 0 aliphatic carbocycles. The third-order valence-electron chi connectivity index (χ3n) is 3.89. The maximum absolute atomic E-state index is 11.4. The highest BCUT2D eigenvalue weighted by atomic mass is 16.6. The van der Waals surface area contributed by atoms with Gasteiger partial charge in [-0.05, 0) is 12.8 Å². The van der Waals surface area contributed by atoms with Crippen molar-refractivity contribution in [3.05, 3.63) is 0 Å². The Morgan fingerprint density at radius 1 is 0.909 bits per heavy atom. The number of carbonyl (C=O) groups is 3. The molecular weight excluding hydrogens is 294 g/mol. The molecule has 0 aromatic rings. The van der Waals surface area contributed by atoms with Crippen LogP contribution in [-0.2, 0) is 28.6 Å². The number of aliphatic hydroxyl groups excluding tert-OH is 1. The largest absolute Gasteiger partial charge is 0.461 e. The van der Waals surface area contributed by atoms with Crippen molar-refractivity contribution in [2.24, 2.45) is 0 Å². The lowest BCUT2D eigenvalue weighted by Gasteiger charge is -2.40. The van der Waals surface area contributed by atoms with Crippen LogP contribution in [0.4, 0.5) is 0 Å². The van der Waals surface area contributed by atoms with E-state index in [9.17, 15) is 19.5 Å². The zero-order valence-corrected chi connectivity index (χ0v) is 12.9. The molecule has 0 bridgehead atoms. The van der Waals surface area contributed by atoms with E-state index in [2.05, 4.69) is 0 Å². The van der Waals surface area contributed by atoms with E-state index in [-0.39, 0.29) is 6.54 Å². The highest BCUT2D eigenvalue weighted by Gasteiger charge is 2.54. The number of esters is 3. The van der Waals surface area contributed by atoms with Crippen LogP contribution < -0.4 is 0 Å². The van der Waals surface area contributed by atoms with Crippen LogP contribution in [0.15, 0.2) is 0 Å². The maximum Gasteiger partial charge on any atom is 0.303 e. The second kappa shape index (κ2) is 6.62. The summed E-state index contributed by atoms with van der Waals surface area (Å²) < 4.78 is 15.8. The van der Waals surface area contributed by atoms with E-state index in [1.807, 2.05) is 0 Å². The Hall–Kier alpha value is -1.67. The highest BCUT2D eigenvalue weighted by Crippen LogP contribution is 2.35. The highest BCUT2D eigenvalue weighted by molar-refractivity contribution is 5.68. The number of piperidine rings is 1. The summed E-state index contributed by atoms with van der Waals surface area (Å²) in [6.45, 7) is 4.05. The van der Waals surface area contributed by atoms with Crippen LogP contribution >= 0.6 is 0 Å². The van der Waals surface area contributed by atoms with Gasteiger partial charge in [0.1, 0.15) is 12.3 Å². The van der Waals surface area contributed by atoms with E-state index in [0.717, 1.165) is 0 Å². The smallest absolute Gasteiger partial charge is 0.303 e. The Morgan fingerprint density at radius 3 is 2.00 bits per heavy atom. The van der Waals surface area contributed by atoms with Crippen LogP contribution in [0.25, 0.3) is 0 Å². The molecule has 0 aromatic carbocycles. The molecule has 5 atom stereocenters. The van der Waals surface area contributed by atoms with E-state index in [1.54, 1.807) is 4.90 Å². The molecule has 2 fully saturated rings. The van der Waals surface area contributed by atoms with Gasteiger partial charge in [-0.15, -0.1) is 0 Å². The number of hydrogen-bond donors (Lipinski definition) is 1. The van der Waals surface area contributed by atoms with Crippen molar-refractivity contribution in [1.29, 1.82) is 0 Å². The molecule has 2 rings (SSSR count). The van der Waals surface area contributed by atoms with Gasteiger partial charge in [0.15, 0.2) is 12.2 Å². The first-order valence-electron chi connectivity index (χ1n) is 7.25. The average Bonchev–Trinajstić information content (AvgIpc) is 2.71. The van der Waals surface area contributed by atoms with Crippen LogP contribution in [0.1, 0.15) is 33.6 Å². The Labute approximate surface area is 128 Å². The molecule has 8 nitrogen and oxygen atoms in total. The quantitative estimate of drug-likeness (QED) is 0.553. The summed E-state index contributed by atoms with van der Waals surface area (Å²) in [6, 6.07) is -0.527. The minimum Gasteiger partial charge on any atom is -0.461 e. The molecule has 124 valence electrons. The Morgan fingerprint density at radius 2 is 1.45 bits per heavy atom. The van der Waals surface area contributed by atoms with E-state index in [0.29, 0.717) is 12.8 Å². The SMILES string of the molecule is CC(=O)O[C@@H]1[C@H]2[C@H](OC(C)=O)CC[C@@H](O)N2C[C@H]1OC(C)=O. The number of nitrogens with zero attached hydrogens (tertiary/aromatic N) is 1. The minimum absolute atomic E-state index is 0.223. The molecule has 8 heteroatoms. The van der Waals surface area contributed by atoms with Gasteiger partial charge in [-0.3, -0.25) is 19.3 Å². The lowest BCUT2D eigenvalue weighted by atomic mass is 9.95. The third-order valence-corrected chi connectivity index (χ3v) is 3.89. The normalized spacial score (nSPS) is 34.6. The summed E-state index contributed by atoms with van der Waals surface area (Å²) in [4.78, 5) is 35.6. The van der Waals surface area contributed by atoms with Gasteiger partial charge in [-0.1, -0.05) is 0 Å². The summed E-state index contributed by atoms with van der Waals surface area (Å²) in [6.07, 6.45) is -1.88. The fraction of sp³-hybridized carbons (Fsp3) is 0.786. The molecule has 0 spiro atoms. The van der Waals surface area contributed by atoms with Crippen LogP contribution in [0.5, 0.6) is 0 Å². The maximum atomic E-state index is 11.4. The summed E-state index contributed by atoms with van der Waals surface area (Å²) in [5.74, 6) is -1.47. The van der Waals surface area contributed by atoms with E-state index >= 15 is 0 Å². The van der Waals surface area contributed by atoms with Crippen molar-refractivity contribution in [1.82, 2.24) is 4.90 Å². The van der Waals surface area contributed by atoms with Gasteiger partial charge in [0.25, 0.3) is 0 Å². The van der Waals surface area contributed by atoms with Gasteiger partial charge in [0, 0.05) is 27.3 Å². The molecule has 0 radical (unpaired) electrons. The molecule has 2 heterocycles. The Bertz CT molecular complexity index is 466. The van der Waals surface area contributed by atoms with Crippen molar-refractivity contribution in [2.45, 2.75) is 64.2 Å². The molecule has 1 N–H and O–H groups in total. The monoisotopic (exact) mass is 315 g/mol. The first-order chi connectivity index (χ1) is 10.3. The molecule has 0 unspecified atom stereocenters. The van der Waals surface area contributed by atoms with Crippen molar-refractivity contribution >= 4 is 17.9 Å². The van der Waals surface area contributed by atoms with Crippen molar-refractivity contribution in [3.8, 4) is 0 Å². The molecule has 2 aliphatic rings. The molecule has 0 aromatic heterocycles. The number of ether oxygens (including phenoxy) is 3. The van der Waals surface area contributed by atoms with Crippen LogP contribution in [0.3, 0.4) is 0 Å². The number of aliphatic hydroxyl groups is 1. The summed E-state index contributed by atoms with van der Waals surface area (Å²) in [5.41, 5.74) is 0. The van der Waals surface area contributed by atoms with Gasteiger partial charge in [-0.2, -0.15) is 0 Å². The number of hydrogen-bond acceptors (Lipinski definition) is 8. The summed E-state index contributed by atoms with van der Waals surface area (Å²) in [7, 11) is 0. The Balaban J connectivity index is 2.26. The van der Waals surface area contributed by atoms with Crippen LogP contribution in [-0.4, -0.2) is 65.0 Å². The summed E-state index contributed by atoms with van der Waals surface area (Å²) in [5, 5.41) is 10.1. The lowest BCUT2D eigenvalue weighted by Crippen LogP contribution is -2.55. The van der Waals surface area contributed by atoms with E-state index in [4.69, 9.17) is 14.2 Å². The molecular formula is C14H21NO7. The predicted octanol–water partition coefficient (Wildman–Crippen LogP) is -0.422. The molecule has 2 aliphatic heterocycles. The molecule has 2 saturated heterocycles. The van der Waals surface area contributed by atoms with Gasteiger partial charge >= 0.3 is 17.9 Å².